The molecule has 0 bridgehead atoms. The van der Waals surface area contributed by atoms with Gasteiger partial charge in [-0.2, -0.15) is 4.40 Å². The first-order valence-corrected chi connectivity index (χ1v) is 8.84. The lowest BCUT2D eigenvalue weighted by molar-refractivity contribution is -0.512. The van der Waals surface area contributed by atoms with E-state index in [0.29, 0.717) is 0 Å². The Balaban J connectivity index is 1.91. The van der Waals surface area contributed by atoms with E-state index in [4.69, 9.17) is 4.74 Å². The van der Waals surface area contributed by atoms with Gasteiger partial charge in [0, 0.05) is 11.6 Å². The Morgan fingerprint density at radius 3 is 2.67 bits per heavy atom. The molecule has 0 fully saturated rings. The summed E-state index contributed by atoms with van der Waals surface area (Å²) in [6, 6.07) is 8.08. The quantitative estimate of drug-likeness (QED) is 0.698. The molecule has 2 heterocycles. The maximum Gasteiger partial charge on any atom is 0.344 e. The molecule has 0 saturated heterocycles. The number of H-pyrrole nitrogens is 1. The fraction of sp³-hybridized carbons (Fsp3) is 0.333. The Morgan fingerprint density at radius 2 is 2.08 bits per heavy atom. The summed E-state index contributed by atoms with van der Waals surface area (Å²) in [5.41, 5.74) is 3.05. The van der Waals surface area contributed by atoms with Crippen molar-refractivity contribution in [3.63, 3.8) is 0 Å². The van der Waals surface area contributed by atoms with Crippen LogP contribution in [0, 0.1) is 6.92 Å². The van der Waals surface area contributed by atoms with E-state index < -0.39 is 0 Å². The van der Waals surface area contributed by atoms with Crippen molar-refractivity contribution in [1.29, 1.82) is 0 Å². The van der Waals surface area contributed by atoms with E-state index in [9.17, 15) is 4.79 Å². The van der Waals surface area contributed by atoms with Gasteiger partial charge in [-0.05, 0) is 55.9 Å². The van der Waals surface area contributed by atoms with E-state index in [-0.39, 0.29) is 11.9 Å². The number of carbonyl (C=O) groups excluding carboxylic acids is 1. The maximum atomic E-state index is 12.4. The number of hydrogen-bond donors (Lipinski definition) is 2. The Hall–Kier alpha value is -2.34. The zero-order valence-corrected chi connectivity index (χ0v) is 15.2. The third-order valence-corrected chi connectivity index (χ3v) is 5.38. The number of nitrogens with one attached hydrogen (secondary N) is 2. The predicted octanol–water partition coefficient (Wildman–Crippen LogP) is 3.33. The largest absolute Gasteiger partial charge is 0.497 e. The first-order valence-electron chi connectivity index (χ1n) is 8.02. The van der Waals surface area contributed by atoms with Gasteiger partial charge in [-0.25, -0.2) is 4.98 Å². The number of benzene rings is 1. The second-order valence-electron chi connectivity index (χ2n) is 5.87. The third-order valence-electron chi connectivity index (χ3n) is 4.20. The maximum absolute atomic E-state index is 12.4. The number of carbonyl (C=O) groups is 1. The molecular weight excluding hydrogens is 322 g/mol. The van der Waals surface area contributed by atoms with Gasteiger partial charge < -0.3 is 10.1 Å². The third kappa shape index (κ3) is 3.01. The molecule has 0 aliphatic heterocycles. The van der Waals surface area contributed by atoms with Gasteiger partial charge in [0.15, 0.2) is 5.69 Å². The van der Waals surface area contributed by atoms with E-state index in [1.165, 1.54) is 11.3 Å². The molecule has 0 radical (unpaired) electrons. The van der Waals surface area contributed by atoms with Gasteiger partial charge in [-0.3, -0.25) is 4.79 Å². The molecule has 3 rings (SSSR count). The highest BCUT2D eigenvalue weighted by molar-refractivity contribution is 7.18. The van der Waals surface area contributed by atoms with E-state index in [1.54, 1.807) is 7.11 Å². The lowest BCUT2D eigenvalue weighted by atomic mass is 10.2. The van der Waals surface area contributed by atoms with Crippen LogP contribution in [0.25, 0.3) is 16.2 Å². The van der Waals surface area contributed by atoms with E-state index >= 15 is 0 Å². The molecule has 0 aliphatic rings. The zero-order valence-electron chi connectivity index (χ0n) is 14.3. The van der Waals surface area contributed by atoms with Gasteiger partial charge in [0.1, 0.15) is 22.5 Å². The van der Waals surface area contributed by atoms with Crippen LogP contribution in [0.3, 0.4) is 0 Å². The van der Waals surface area contributed by atoms with Gasteiger partial charge in [-0.15, -0.1) is 0 Å². The molecule has 1 atom stereocenters. The number of hydrogen-bond acceptors (Lipinski definition) is 3. The van der Waals surface area contributed by atoms with Crippen LogP contribution < -0.4 is 14.5 Å². The monoisotopic (exact) mass is 344 g/mol. The Kier molecular flexibility index (Phi) is 4.57. The first kappa shape index (κ1) is 16.5. The summed E-state index contributed by atoms with van der Waals surface area (Å²) >= 11 is 1.48. The molecular formula is C18H22N3O2S+. The number of fused-ring (bicyclic) bond motifs is 1. The number of aryl methyl sites for hydroxylation is 1. The van der Waals surface area contributed by atoms with Crippen LogP contribution in [0.1, 0.15) is 35.6 Å². The van der Waals surface area contributed by atoms with Crippen molar-refractivity contribution in [3.8, 4) is 17.0 Å². The van der Waals surface area contributed by atoms with Gasteiger partial charge in [0.25, 0.3) is 5.91 Å². The van der Waals surface area contributed by atoms with Crippen LogP contribution >= 0.6 is 11.3 Å². The Bertz CT molecular complexity index is 864. The van der Waals surface area contributed by atoms with Crippen molar-refractivity contribution in [1.82, 2.24) is 10.3 Å². The number of thiazole rings is 1. The molecule has 2 aromatic heterocycles. The van der Waals surface area contributed by atoms with E-state index in [1.807, 2.05) is 48.7 Å². The van der Waals surface area contributed by atoms with Crippen LogP contribution in [-0.4, -0.2) is 24.0 Å². The van der Waals surface area contributed by atoms with Crippen LogP contribution in [0.2, 0.25) is 0 Å². The number of rotatable bonds is 5. The molecule has 5 nitrogen and oxygen atoms in total. The van der Waals surface area contributed by atoms with Crippen molar-refractivity contribution in [2.75, 3.05) is 7.11 Å². The molecule has 2 N–H and O–H groups in total. The average Bonchev–Trinajstić information content (AvgIpc) is 3.14. The predicted molar refractivity (Wildman–Crippen MR) is 95.8 cm³/mol. The van der Waals surface area contributed by atoms with Crippen LogP contribution in [0.5, 0.6) is 5.75 Å². The molecule has 3 aromatic rings. The van der Waals surface area contributed by atoms with Crippen LogP contribution in [-0.2, 0) is 0 Å². The fourth-order valence-corrected chi connectivity index (χ4v) is 3.56. The highest BCUT2D eigenvalue weighted by Crippen LogP contribution is 2.24. The molecule has 1 unspecified atom stereocenters. The topological polar surface area (TPSA) is 58.2 Å². The standard InChI is InChI=1S/C18H21N3O2S/c1-5-11(2)19-17(22)16-12(3)21-10-15(20-18(21)24-16)13-6-8-14(23-4)9-7-13/h6-11H,5H2,1-4H3,(H,19,22)/p+1. The van der Waals surface area contributed by atoms with Gasteiger partial charge in [0.2, 0.25) is 0 Å². The van der Waals surface area contributed by atoms with Crippen molar-refractivity contribution in [2.24, 2.45) is 0 Å². The van der Waals surface area contributed by atoms with Crippen molar-refractivity contribution in [2.45, 2.75) is 33.2 Å². The number of ether oxygens (including phenoxy) is 1. The number of imidazole rings is 1. The molecule has 0 spiro atoms. The lowest BCUT2D eigenvalue weighted by Crippen LogP contribution is -2.32. The highest BCUT2D eigenvalue weighted by Gasteiger charge is 2.24. The first-order chi connectivity index (χ1) is 11.5. The highest BCUT2D eigenvalue weighted by atomic mass is 32.1. The fourth-order valence-electron chi connectivity index (χ4n) is 2.52. The average molecular weight is 344 g/mol. The van der Waals surface area contributed by atoms with Gasteiger partial charge in [-0.1, -0.05) is 6.92 Å². The molecule has 1 aromatic carbocycles. The zero-order chi connectivity index (χ0) is 17.3. The van der Waals surface area contributed by atoms with Crippen LogP contribution in [0.4, 0.5) is 0 Å². The number of amides is 1. The number of aromatic amines is 1. The second-order valence-corrected chi connectivity index (χ2v) is 6.87. The summed E-state index contributed by atoms with van der Waals surface area (Å²) in [4.78, 5) is 17.5. The molecule has 6 heteroatoms. The molecule has 24 heavy (non-hydrogen) atoms. The van der Waals surface area contributed by atoms with Crippen molar-refractivity contribution in [3.05, 3.63) is 41.0 Å². The molecule has 126 valence electrons. The van der Waals surface area contributed by atoms with Crippen LogP contribution in [0.15, 0.2) is 30.5 Å². The summed E-state index contributed by atoms with van der Waals surface area (Å²) in [5, 5.41) is 3.03. The van der Waals surface area contributed by atoms with E-state index in [0.717, 1.165) is 39.0 Å². The summed E-state index contributed by atoms with van der Waals surface area (Å²) < 4.78 is 7.23. The summed E-state index contributed by atoms with van der Waals surface area (Å²) in [7, 11) is 1.66. The number of nitrogens with zero attached hydrogens (tertiary/aromatic N) is 1. The van der Waals surface area contributed by atoms with Crippen molar-refractivity contribution >= 4 is 22.2 Å². The SMILES string of the molecule is CCC(C)NC(=O)c1sc2[nH]c(-c3ccc(OC)cc3)c[n+]2c1C. The van der Waals surface area contributed by atoms with Gasteiger partial charge >= 0.3 is 4.96 Å². The summed E-state index contributed by atoms with van der Waals surface area (Å²) in [5.74, 6) is 0.829. The Morgan fingerprint density at radius 1 is 1.38 bits per heavy atom. The molecule has 1 amide bonds. The minimum absolute atomic E-state index is 0.00468. The second kappa shape index (κ2) is 6.65. The number of methoxy groups -OCH3 is 1. The Labute approximate surface area is 145 Å². The normalized spacial score (nSPS) is 12.3. The smallest absolute Gasteiger partial charge is 0.344 e. The summed E-state index contributed by atoms with van der Waals surface area (Å²) in [6.45, 7) is 6.05. The lowest BCUT2D eigenvalue weighted by Gasteiger charge is -2.09. The summed E-state index contributed by atoms with van der Waals surface area (Å²) in [6.07, 6.45) is 2.95. The molecule has 0 saturated carbocycles. The van der Waals surface area contributed by atoms with Gasteiger partial charge in [0.05, 0.1) is 7.11 Å². The minimum Gasteiger partial charge on any atom is -0.497 e. The minimum atomic E-state index is -0.00468. The molecule has 0 aliphatic carbocycles. The number of aromatic nitrogens is 2. The van der Waals surface area contributed by atoms with E-state index in [2.05, 4.69) is 17.2 Å². The van der Waals surface area contributed by atoms with Crippen molar-refractivity contribution < 1.29 is 13.9 Å².